The van der Waals surface area contributed by atoms with Crippen LogP contribution >= 0.6 is 0 Å². The molecule has 1 aromatic heterocycles. The molecular weight excluding hydrogens is 314 g/mol. The van der Waals surface area contributed by atoms with Crippen molar-refractivity contribution in [2.75, 3.05) is 32.4 Å². The fraction of sp³-hybridized carbons (Fsp3) is 0.312. The predicted molar refractivity (Wildman–Crippen MR) is 88.1 cm³/mol. The second-order valence-corrected chi connectivity index (χ2v) is 7.57. The molecule has 23 heavy (non-hydrogen) atoms. The summed E-state index contributed by atoms with van der Waals surface area (Å²) in [6, 6.07) is 11.3. The molecule has 0 spiro atoms. The van der Waals surface area contributed by atoms with Crippen molar-refractivity contribution in [2.24, 2.45) is 0 Å². The number of sulfonamides is 1. The molecule has 1 aliphatic heterocycles. The number of hydrogen-bond donors (Lipinski definition) is 0. The van der Waals surface area contributed by atoms with Gasteiger partial charge in [-0.05, 0) is 36.4 Å². The summed E-state index contributed by atoms with van der Waals surface area (Å²) in [6.45, 7) is 1.55. The number of carbonyl (C=O) groups excluding carboxylic acids is 1. The molecule has 0 saturated carbocycles. The molecule has 1 aliphatic rings. The van der Waals surface area contributed by atoms with Crippen LogP contribution < -0.4 is 0 Å². The first-order valence-corrected chi connectivity index (χ1v) is 9.28. The van der Waals surface area contributed by atoms with Gasteiger partial charge in [0.2, 0.25) is 10.0 Å². The van der Waals surface area contributed by atoms with Gasteiger partial charge < -0.3 is 9.47 Å². The average Bonchev–Trinajstić information content (AvgIpc) is 3.08. The summed E-state index contributed by atoms with van der Waals surface area (Å²) in [4.78, 5) is 14.2. The molecule has 0 bridgehead atoms. The number of hydrogen-bond acceptors (Lipinski definition) is 3. The van der Waals surface area contributed by atoms with Gasteiger partial charge in [0.05, 0.1) is 6.26 Å². The van der Waals surface area contributed by atoms with Gasteiger partial charge in [-0.15, -0.1) is 0 Å². The minimum atomic E-state index is -3.18. The van der Waals surface area contributed by atoms with E-state index in [0.29, 0.717) is 31.7 Å². The number of piperazine rings is 1. The van der Waals surface area contributed by atoms with E-state index in [1.807, 2.05) is 41.2 Å². The molecule has 0 atom stereocenters. The normalized spacial score (nSPS) is 16.5. The van der Waals surface area contributed by atoms with E-state index in [1.165, 1.54) is 10.6 Å². The van der Waals surface area contributed by atoms with E-state index in [0.717, 1.165) is 5.69 Å². The standard InChI is InChI=1S/C16H19N3O3S/c1-23(21,22)19-12-10-18(11-13-19)16(20)14-4-6-15(7-5-14)17-8-2-3-9-17/h2-9H,10-13H2,1H3. The van der Waals surface area contributed by atoms with Crippen LogP contribution in [0.2, 0.25) is 0 Å². The number of benzene rings is 1. The maximum Gasteiger partial charge on any atom is 0.253 e. The lowest BCUT2D eigenvalue weighted by atomic mass is 10.1. The number of carbonyl (C=O) groups is 1. The Hall–Kier alpha value is -2.12. The minimum absolute atomic E-state index is 0.0581. The molecule has 1 amide bonds. The molecule has 0 radical (unpaired) electrons. The van der Waals surface area contributed by atoms with E-state index < -0.39 is 10.0 Å². The summed E-state index contributed by atoms with van der Waals surface area (Å²) in [6.07, 6.45) is 5.09. The molecule has 0 aliphatic carbocycles. The third kappa shape index (κ3) is 3.46. The van der Waals surface area contributed by atoms with E-state index >= 15 is 0 Å². The molecule has 7 heteroatoms. The topological polar surface area (TPSA) is 62.6 Å². The Kier molecular flexibility index (Phi) is 4.23. The number of aromatic nitrogens is 1. The Morgan fingerprint density at radius 2 is 1.52 bits per heavy atom. The molecule has 3 rings (SSSR count). The summed E-state index contributed by atoms with van der Waals surface area (Å²) in [5.41, 5.74) is 1.61. The molecule has 0 unspecified atom stereocenters. The first-order valence-electron chi connectivity index (χ1n) is 7.43. The van der Waals surface area contributed by atoms with Crippen molar-refractivity contribution >= 4 is 15.9 Å². The summed E-state index contributed by atoms with van der Waals surface area (Å²) >= 11 is 0. The van der Waals surface area contributed by atoms with Crippen molar-refractivity contribution in [1.29, 1.82) is 0 Å². The summed E-state index contributed by atoms with van der Waals surface area (Å²) in [5.74, 6) is -0.0581. The fourth-order valence-corrected chi connectivity index (χ4v) is 3.51. The van der Waals surface area contributed by atoms with Gasteiger partial charge in [0, 0.05) is 49.8 Å². The summed E-state index contributed by atoms with van der Waals surface area (Å²) in [7, 11) is -3.18. The van der Waals surface area contributed by atoms with Crippen LogP contribution in [-0.4, -0.2) is 60.5 Å². The van der Waals surface area contributed by atoms with Crippen LogP contribution in [0.5, 0.6) is 0 Å². The first-order chi connectivity index (χ1) is 10.9. The minimum Gasteiger partial charge on any atom is -0.336 e. The monoisotopic (exact) mass is 333 g/mol. The van der Waals surface area contributed by atoms with Gasteiger partial charge in [-0.25, -0.2) is 8.42 Å². The predicted octanol–water partition coefficient (Wildman–Crippen LogP) is 1.19. The Balaban J connectivity index is 1.67. The van der Waals surface area contributed by atoms with Crippen LogP contribution in [0.1, 0.15) is 10.4 Å². The molecule has 1 saturated heterocycles. The molecule has 6 nitrogen and oxygen atoms in total. The van der Waals surface area contributed by atoms with Crippen LogP contribution in [0.25, 0.3) is 5.69 Å². The molecule has 1 fully saturated rings. The summed E-state index contributed by atoms with van der Waals surface area (Å²) in [5, 5.41) is 0. The van der Waals surface area contributed by atoms with Crippen molar-refractivity contribution in [1.82, 2.24) is 13.8 Å². The Labute approximate surface area is 136 Å². The van der Waals surface area contributed by atoms with Gasteiger partial charge >= 0.3 is 0 Å². The lowest BCUT2D eigenvalue weighted by molar-refractivity contribution is 0.0698. The second kappa shape index (κ2) is 6.17. The quantitative estimate of drug-likeness (QED) is 0.848. The Morgan fingerprint density at radius 1 is 0.957 bits per heavy atom. The van der Waals surface area contributed by atoms with E-state index in [1.54, 1.807) is 17.0 Å². The highest BCUT2D eigenvalue weighted by molar-refractivity contribution is 7.88. The van der Waals surface area contributed by atoms with Crippen LogP contribution in [0, 0.1) is 0 Å². The summed E-state index contributed by atoms with van der Waals surface area (Å²) < 4.78 is 26.4. The average molecular weight is 333 g/mol. The van der Waals surface area contributed by atoms with Crippen molar-refractivity contribution < 1.29 is 13.2 Å². The lowest BCUT2D eigenvalue weighted by Crippen LogP contribution is -2.50. The Morgan fingerprint density at radius 3 is 2.04 bits per heavy atom. The molecule has 122 valence electrons. The largest absolute Gasteiger partial charge is 0.336 e. The van der Waals surface area contributed by atoms with Crippen LogP contribution in [-0.2, 0) is 10.0 Å². The molecule has 1 aromatic carbocycles. The zero-order chi connectivity index (χ0) is 16.4. The van der Waals surface area contributed by atoms with Gasteiger partial charge in [0.25, 0.3) is 5.91 Å². The molecule has 2 aromatic rings. The van der Waals surface area contributed by atoms with Gasteiger partial charge in [-0.3, -0.25) is 4.79 Å². The highest BCUT2D eigenvalue weighted by Crippen LogP contribution is 2.14. The SMILES string of the molecule is CS(=O)(=O)N1CCN(C(=O)c2ccc(-n3cccc3)cc2)CC1. The van der Waals surface area contributed by atoms with Crippen molar-refractivity contribution in [3.63, 3.8) is 0 Å². The zero-order valence-corrected chi connectivity index (χ0v) is 13.7. The second-order valence-electron chi connectivity index (χ2n) is 5.59. The number of rotatable bonds is 3. The molecule has 0 N–H and O–H groups in total. The highest BCUT2D eigenvalue weighted by atomic mass is 32.2. The van der Waals surface area contributed by atoms with Crippen molar-refractivity contribution in [3.8, 4) is 5.69 Å². The van der Waals surface area contributed by atoms with E-state index in [4.69, 9.17) is 0 Å². The van der Waals surface area contributed by atoms with Crippen LogP contribution in [0.4, 0.5) is 0 Å². The zero-order valence-electron chi connectivity index (χ0n) is 12.9. The molecular formula is C16H19N3O3S. The maximum absolute atomic E-state index is 12.5. The third-order valence-corrected chi connectivity index (χ3v) is 5.31. The third-order valence-electron chi connectivity index (χ3n) is 4.01. The van der Waals surface area contributed by atoms with E-state index in [9.17, 15) is 13.2 Å². The van der Waals surface area contributed by atoms with E-state index in [2.05, 4.69) is 0 Å². The van der Waals surface area contributed by atoms with Gasteiger partial charge in [0.1, 0.15) is 0 Å². The molecule has 2 heterocycles. The smallest absolute Gasteiger partial charge is 0.253 e. The van der Waals surface area contributed by atoms with Gasteiger partial charge in [-0.1, -0.05) is 0 Å². The van der Waals surface area contributed by atoms with Crippen molar-refractivity contribution in [2.45, 2.75) is 0 Å². The van der Waals surface area contributed by atoms with Gasteiger partial charge in [-0.2, -0.15) is 4.31 Å². The highest BCUT2D eigenvalue weighted by Gasteiger charge is 2.26. The van der Waals surface area contributed by atoms with Crippen LogP contribution in [0.3, 0.4) is 0 Å². The number of amides is 1. The lowest BCUT2D eigenvalue weighted by Gasteiger charge is -2.33. The first kappa shape index (κ1) is 15.8. The fourth-order valence-electron chi connectivity index (χ4n) is 2.69. The Bertz CT molecular complexity index is 774. The maximum atomic E-state index is 12.5. The van der Waals surface area contributed by atoms with Crippen molar-refractivity contribution in [3.05, 3.63) is 54.4 Å². The van der Waals surface area contributed by atoms with Gasteiger partial charge in [0.15, 0.2) is 0 Å². The number of nitrogens with zero attached hydrogens (tertiary/aromatic N) is 3. The van der Waals surface area contributed by atoms with E-state index in [-0.39, 0.29) is 5.91 Å². The van der Waals surface area contributed by atoms with Crippen LogP contribution in [0.15, 0.2) is 48.8 Å².